The maximum Gasteiger partial charge on any atom is 0.214 e. The fourth-order valence-corrected chi connectivity index (χ4v) is 3.44. The lowest BCUT2D eigenvalue weighted by molar-refractivity contribution is 0.290. The summed E-state index contributed by atoms with van der Waals surface area (Å²) in [5.74, 6) is 2.24. The van der Waals surface area contributed by atoms with E-state index in [2.05, 4.69) is 31.6 Å². The second kappa shape index (κ2) is 7.43. The Kier molecular flexibility index (Phi) is 4.85. The van der Waals surface area contributed by atoms with Gasteiger partial charge in [-0.3, -0.25) is 5.43 Å². The van der Waals surface area contributed by atoms with Gasteiger partial charge in [-0.1, -0.05) is 39.8 Å². The average molecular weight is 431 g/mol. The molecule has 4 rings (SSSR count). The van der Waals surface area contributed by atoms with Crippen molar-refractivity contribution < 1.29 is 9.47 Å². The number of hydrogen-bond acceptors (Lipinski definition) is 6. The van der Waals surface area contributed by atoms with Gasteiger partial charge < -0.3 is 9.47 Å². The van der Waals surface area contributed by atoms with E-state index in [9.17, 15) is 0 Å². The lowest BCUT2D eigenvalue weighted by atomic mass is 10.2. The van der Waals surface area contributed by atoms with Crippen LogP contribution in [0.5, 0.6) is 11.5 Å². The van der Waals surface area contributed by atoms with Crippen LogP contribution in [-0.4, -0.2) is 22.0 Å². The number of ether oxygens (including phenoxy) is 2. The minimum Gasteiger partial charge on any atom is -0.497 e. The van der Waals surface area contributed by atoms with Crippen molar-refractivity contribution >= 4 is 33.4 Å². The molecular weight excluding hydrogens is 416 g/mol. The maximum absolute atomic E-state index is 5.82. The topological polar surface area (TPSA) is 61.2 Å². The van der Waals surface area contributed by atoms with Gasteiger partial charge in [0.2, 0.25) is 5.16 Å². The summed E-state index contributed by atoms with van der Waals surface area (Å²) in [4.78, 5) is 0. The molecule has 0 atom stereocenters. The fourth-order valence-electron chi connectivity index (χ4n) is 2.42. The van der Waals surface area contributed by atoms with E-state index < -0.39 is 0 Å². The van der Waals surface area contributed by atoms with Gasteiger partial charge in [0.05, 0.1) is 12.8 Å². The maximum atomic E-state index is 5.82. The molecule has 2 aromatic carbocycles. The molecule has 0 saturated carbocycles. The molecule has 0 spiro atoms. The minimum absolute atomic E-state index is 0.306. The van der Waals surface area contributed by atoms with Crippen molar-refractivity contribution in [3.63, 3.8) is 0 Å². The zero-order valence-corrected chi connectivity index (χ0v) is 16.3. The lowest BCUT2D eigenvalue weighted by Gasteiger charge is -2.19. The van der Waals surface area contributed by atoms with Crippen LogP contribution >= 0.6 is 27.7 Å². The van der Waals surface area contributed by atoms with Gasteiger partial charge in [0.1, 0.15) is 18.1 Å². The van der Waals surface area contributed by atoms with Gasteiger partial charge in [0.25, 0.3) is 0 Å². The van der Waals surface area contributed by atoms with Gasteiger partial charge in [0, 0.05) is 15.4 Å². The second-order valence-electron chi connectivity index (χ2n) is 5.47. The second-order valence-corrected chi connectivity index (χ2v) is 7.22. The van der Waals surface area contributed by atoms with E-state index in [0.29, 0.717) is 12.4 Å². The van der Waals surface area contributed by atoms with E-state index in [1.165, 1.54) is 11.8 Å². The normalized spacial score (nSPS) is 12.8. The summed E-state index contributed by atoms with van der Waals surface area (Å²) in [6, 6.07) is 15.6. The summed E-state index contributed by atoms with van der Waals surface area (Å²) in [5.41, 5.74) is 5.42. The predicted molar refractivity (Wildman–Crippen MR) is 105 cm³/mol. The van der Waals surface area contributed by atoms with E-state index in [-0.39, 0.29) is 0 Å². The number of fused-ring (bicyclic) bond motifs is 1. The van der Waals surface area contributed by atoms with Gasteiger partial charge >= 0.3 is 0 Å². The molecule has 0 fully saturated rings. The first-order chi connectivity index (χ1) is 12.7. The fraction of sp³-hybridized carbons (Fsp3) is 0.111. The average Bonchev–Trinajstić information content (AvgIpc) is 3.09. The number of methoxy groups -OCH3 is 1. The van der Waals surface area contributed by atoms with Crippen molar-refractivity contribution in [1.82, 2.24) is 14.9 Å². The number of thioether (sulfide) groups is 1. The molecule has 0 saturated heterocycles. The van der Waals surface area contributed by atoms with E-state index in [4.69, 9.17) is 9.47 Å². The highest BCUT2D eigenvalue weighted by Gasteiger charge is 2.18. The van der Waals surface area contributed by atoms with Gasteiger partial charge in [-0.05, 0) is 36.4 Å². The first kappa shape index (κ1) is 17.0. The van der Waals surface area contributed by atoms with Gasteiger partial charge in [-0.25, -0.2) is 4.68 Å². The molecule has 26 heavy (non-hydrogen) atoms. The highest BCUT2D eigenvalue weighted by atomic mass is 79.9. The van der Waals surface area contributed by atoms with Crippen LogP contribution < -0.4 is 14.9 Å². The SMILES string of the molecule is COc1ccc(OCc2nnc3n2NC(c2ccc(Br)cc2)=CS3)cc1. The van der Waals surface area contributed by atoms with E-state index in [0.717, 1.165) is 32.4 Å². The summed E-state index contributed by atoms with van der Waals surface area (Å²) in [5, 5.41) is 11.2. The van der Waals surface area contributed by atoms with E-state index >= 15 is 0 Å². The molecule has 0 amide bonds. The monoisotopic (exact) mass is 430 g/mol. The highest BCUT2D eigenvalue weighted by Crippen LogP contribution is 2.29. The summed E-state index contributed by atoms with van der Waals surface area (Å²) < 4.78 is 13.9. The number of aromatic nitrogens is 3. The Hall–Kier alpha value is -2.45. The molecule has 0 radical (unpaired) electrons. The first-order valence-electron chi connectivity index (χ1n) is 7.84. The summed E-state index contributed by atoms with van der Waals surface area (Å²) in [6.07, 6.45) is 0. The largest absolute Gasteiger partial charge is 0.497 e. The van der Waals surface area contributed by atoms with Gasteiger partial charge in [0.15, 0.2) is 5.82 Å². The third-order valence-electron chi connectivity index (χ3n) is 3.80. The number of nitrogens with one attached hydrogen (secondary N) is 1. The van der Waals surface area contributed by atoms with Crippen LogP contribution in [0.2, 0.25) is 0 Å². The molecule has 132 valence electrons. The summed E-state index contributed by atoms with van der Waals surface area (Å²) >= 11 is 4.98. The van der Waals surface area contributed by atoms with Crippen molar-refractivity contribution in [2.75, 3.05) is 12.5 Å². The molecule has 0 aliphatic carbocycles. The number of hydrogen-bond donors (Lipinski definition) is 1. The van der Waals surface area contributed by atoms with Crippen LogP contribution in [0, 0.1) is 0 Å². The smallest absolute Gasteiger partial charge is 0.214 e. The molecule has 1 aromatic heterocycles. The Balaban J connectivity index is 1.48. The number of rotatable bonds is 5. The minimum atomic E-state index is 0.306. The van der Waals surface area contributed by atoms with Crippen molar-refractivity contribution in [1.29, 1.82) is 0 Å². The summed E-state index contributed by atoms with van der Waals surface area (Å²) in [7, 11) is 1.64. The van der Waals surface area contributed by atoms with E-state index in [1.807, 2.05) is 58.6 Å². The molecule has 1 N–H and O–H groups in total. The molecular formula is C18H15BrN4O2S. The lowest BCUT2D eigenvalue weighted by Crippen LogP contribution is -2.20. The Morgan fingerprint density at radius 1 is 1.04 bits per heavy atom. The van der Waals surface area contributed by atoms with Crippen molar-refractivity contribution in [3.8, 4) is 11.5 Å². The third-order valence-corrected chi connectivity index (χ3v) is 5.15. The Morgan fingerprint density at radius 3 is 2.50 bits per heavy atom. The number of nitrogens with zero attached hydrogens (tertiary/aromatic N) is 3. The molecule has 2 heterocycles. The Morgan fingerprint density at radius 2 is 1.77 bits per heavy atom. The number of benzene rings is 2. The van der Waals surface area contributed by atoms with Gasteiger partial charge in [-0.15, -0.1) is 10.2 Å². The molecule has 3 aromatic rings. The van der Waals surface area contributed by atoms with E-state index in [1.54, 1.807) is 7.11 Å². The first-order valence-corrected chi connectivity index (χ1v) is 9.51. The predicted octanol–water partition coefficient (Wildman–Crippen LogP) is 4.28. The Bertz CT molecular complexity index is 939. The zero-order valence-electron chi connectivity index (χ0n) is 13.8. The van der Waals surface area contributed by atoms with Crippen LogP contribution in [0.1, 0.15) is 11.4 Å². The number of halogens is 1. The quantitative estimate of drug-likeness (QED) is 0.651. The molecule has 0 unspecified atom stereocenters. The molecule has 6 nitrogen and oxygen atoms in total. The van der Waals surface area contributed by atoms with Crippen LogP contribution in [0.15, 0.2) is 63.6 Å². The molecule has 8 heteroatoms. The molecule has 1 aliphatic heterocycles. The Labute approximate surface area is 163 Å². The van der Waals surface area contributed by atoms with Crippen molar-refractivity contribution in [2.24, 2.45) is 0 Å². The zero-order chi connectivity index (χ0) is 17.9. The third kappa shape index (κ3) is 3.56. The standard InChI is InChI=1S/C18H15BrN4O2S/c1-24-14-6-8-15(9-7-14)25-10-17-20-21-18-23(17)22-16(11-26-18)12-2-4-13(19)5-3-12/h2-9,11,22H,10H2,1H3. The summed E-state index contributed by atoms with van der Waals surface area (Å²) in [6.45, 7) is 0.306. The van der Waals surface area contributed by atoms with Crippen LogP contribution in [0.25, 0.3) is 5.70 Å². The van der Waals surface area contributed by atoms with Gasteiger partial charge in [-0.2, -0.15) is 0 Å². The highest BCUT2D eigenvalue weighted by molar-refractivity contribution is 9.10. The van der Waals surface area contributed by atoms with Crippen LogP contribution in [-0.2, 0) is 6.61 Å². The molecule has 0 bridgehead atoms. The molecule has 1 aliphatic rings. The van der Waals surface area contributed by atoms with Crippen LogP contribution in [0.4, 0.5) is 0 Å². The van der Waals surface area contributed by atoms with Crippen LogP contribution in [0.3, 0.4) is 0 Å². The van der Waals surface area contributed by atoms with Crippen molar-refractivity contribution in [2.45, 2.75) is 11.8 Å². The van der Waals surface area contributed by atoms with Crippen molar-refractivity contribution in [3.05, 3.63) is 69.8 Å².